The van der Waals surface area contributed by atoms with Crippen molar-refractivity contribution in [2.24, 2.45) is 11.8 Å². The van der Waals surface area contributed by atoms with Gasteiger partial charge >= 0.3 is 0 Å². The van der Waals surface area contributed by atoms with E-state index in [1.165, 1.54) is 0 Å². The van der Waals surface area contributed by atoms with Gasteiger partial charge in [0.05, 0.1) is 18.1 Å². The Balaban J connectivity index is 1.42. The average molecular weight is 698 g/mol. The Bertz CT molecular complexity index is 1530. The zero-order valence-corrected chi connectivity index (χ0v) is 30.5. The molecule has 5 rings (SSSR count). The fourth-order valence-electron chi connectivity index (χ4n) is 7.66. The number of hydrogen-bond donors (Lipinski definition) is 4. The smallest absolute Gasteiger partial charge is 0.246 e. The second-order valence-electron chi connectivity index (χ2n) is 14.4. The highest BCUT2D eigenvalue weighted by atomic mass is 16.3. The van der Waals surface area contributed by atoms with Crippen LogP contribution in [-0.2, 0) is 19.2 Å². The number of likely N-dealkylation sites (tertiary alicyclic amines) is 1. The van der Waals surface area contributed by atoms with Gasteiger partial charge in [-0.1, -0.05) is 86.8 Å². The molecule has 1 aliphatic carbocycles. The van der Waals surface area contributed by atoms with Crippen molar-refractivity contribution < 1.29 is 23.6 Å². The molecule has 0 radical (unpaired) electrons. The SMILES string of the molecule is CN[C@@H](C)C(=O)N[C@H](C(=O)N1[C@@H](c2ccc(C)o2)CC[C@H]1C(=O)N[C@H](CNC(c1ccccc1)c1ccccc1)[C@@H](C)CC=O)C1CCCCC1. The van der Waals surface area contributed by atoms with Crippen molar-refractivity contribution in [1.29, 1.82) is 0 Å². The minimum absolute atomic E-state index is 0.0278. The lowest BCUT2D eigenvalue weighted by Gasteiger charge is -2.37. The number of likely N-dealkylation sites (N-methyl/N-ethyl adjacent to an activating group) is 1. The molecule has 3 aromatic rings. The van der Waals surface area contributed by atoms with E-state index in [2.05, 4.69) is 45.5 Å². The molecule has 2 fully saturated rings. The summed E-state index contributed by atoms with van der Waals surface area (Å²) in [6.45, 7) is 6.00. The van der Waals surface area contributed by atoms with Gasteiger partial charge < -0.3 is 35.4 Å². The summed E-state index contributed by atoms with van der Waals surface area (Å²) in [5.74, 6) is 0.399. The van der Waals surface area contributed by atoms with Crippen molar-refractivity contribution in [2.45, 2.75) is 108 Å². The molecule has 4 N–H and O–H groups in total. The Labute approximate surface area is 302 Å². The third-order valence-corrected chi connectivity index (χ3v) is 10.8. The molecule has 0 bridgehead atoms. The molecule has 1 saturated heterocycles. The quantitative estimate of drug-likeness (QED) is 0.148. The van der Waals surface area contributed by atoms with Crippen LogP contribution in [0.4, 0.5) is 0 Å². The summed E-state index contributed by atoms with van der Waals surface area (Å²) >= 11 is 0. The van der Waals surface area contributed by atoms with Gasteiger partial charge in [0, 0.05) is 19.0 Å². The molecule has 1 aromatic heterocycles. The maximum Gasteiger partial charge on any atom is 0.246 e. The van der Waals surface area contributed by atoms with Crippen LogP contribution in [0.5, 0.6) is 0 Å². The highest BCUT2D eigenvalue weighted by molar-refractivity contribution is 5.94. The lowest BCUT2D eigenvalue weighted by Crippen LogP contribution is -2.59. The zero-order valence-electron chi connectivity index (χ0n) is 30.5. The van der Waals surface area contributed by atoms with Crippen LogP contribution in [0, 0.1) is 18.8 Å². The van der Waals surface area contributed by atoms with Gasteiger partial charge in [0.2, 0.25) is 17.7 Å². The number of nitrogens with zero attached hydrogens (tertiary/aromatic N) is 1. The largest absolute Gasteiger partial charge is 0.464 e. The topological polar surface area (TPSA) is 133 Å². The number of carbonyl (C=O) groups is 4. The van der Waals surface area contributed by atoms with E-state index in [4.69, 9.17) is 4.42 Å². The van der Waals surface area contributed by atoms with Crippen LogP contribution in [0.3, 0.4) is 0 Å². The van der Waals surface area contributed by atoms with Gasteiger partial charge in [0.1, 0.15) is 29.9 Å². The Morgan fingerprint density at radius 3 is 2.08 bits per heavy atom. The van der Waals surface area contributed by atoms with Crippen molar-refractivity contribution in [1.82, 2.24) is 26.2 Å². The van der Waals surface area contributed by atoms with Crippen molar-refractivity contribution in [2.75, 3.05) is 13.6 Å². The minimum Gasteiger partial charge on any atom is -0.464 e. The molecule has 1 saturated carbocycles. The summed E-state index contributed by atoms with van der Waals surface area (Å²) in [7, 11) is 1.72. The third-order valence-electron chi connectivity index (χ3n) is 10.8. The molecule has 274 valence electrons. The molecular weight excluding hydrogens is 642 g/mol. The summed E-state index contributed by atoms with van der Waals surface area (Å²) in [4.78, 5) is 56.0. The highest BCUT2D eigenvalue weighted by Gasteiger charge is 2.47. The first-order valence-electron chi connectivity index (χ1n) is 18.6. The Hall–Kier alpha value is -4.28. The van der Waals surface area contributed by atoms with Crippen LogP contribution in [0.1, 0.15) is 99.9 Å². The lowest BCUT2D eigenvalue weighted by molar-refractivity contribution is -0.146. The normalized spacial score (nSPS) is 20.4. The number of amides is 3. The molecule has 2 aromatic carbocycles. The number of aldehydes is 1. The maximum absolute atomic E-state index is 14.9. The highest BCUT2D eigenvalue weighted by Crippen LogP contribution is 2.39. The maximum atomic E-state index is 14.9. The first kappa shape index (κ1) is 38.0. The predicted molar refractivity (Wildman–Crippen MR) is 198 cm³/mol. The van der Waals surface area contributed by atoms with Crippen molar-refractivity contribution in [3.05, 3.63) is 95.4 Å². The molecule has 2 heterocycles. The number of carbonyl (C=O) groups excluding carboxylic acids is 4. The molecular formula is C41H55N5O5. The van der Waals surface area contributed by atoms with E-state index in [1.54, 1.807) is 18.9 Å². The van der Waals surface area contributed by atoms with Gasteiger partial charge in [-0.05, 0) is 81.7 Å². The first-order chi connectivity index (χ1) is 24.7. The van der Waals surface area contributed by atoms with Gasteiger partial charge in [-0.3, -0.25) is 14.4 Å². The van der Waals surface area contributed by atoms with E-state index in [-0.39, 0.29) is 42.0 Å². The van der Waals surface area contributed by atoms with Crippen LogP contribution in [-0.4, -0.2) is 66.7 Å². The van der Waals surface area contributed by atoms with E-state index < -0.39 is 30.2 Å². The van der Waals surface area contributed by atoms with Crippen LogP contribution in [0.25, 0.3) is 0 Å². The number of rotatable bonds is 16. The fraction of sp³-hybridized carbons (Fsp3) is 0.512. The second-order valence-corrected chi connectivity index (χ2v) is 14.4. The number of benzene rings is 2. The Morgan fingerprint density at radius 1 is 0.863 bits per heavy atom. The molecule has 6 atom stereocenters. The predicted octanol–water partition coefficient (Wildman–Crippen LogP) is 5.38. The molecule has 2 aliphatic rings. The third kappa shape index (κ3) is 9.54. The Kier molecular flexibility index (Phi) is 13.6. The van der Waals surface area contributed by atoms with Crippen LogP contribution < -0.4 is 21.3 Å². The van der Waals surface area contributed by atoms with E-state index in [1.807, 2.05) is 62.4 Å². The Morgan fingerprint density at radius 2 is 1.51 bits per heavy atom. The van der Waals surface area contributed by atoms with E-state index in [0.717, 1.165) is 55.3 Å². The number of furan rings is 1. The average Bonchev–Trinajstić information content (AvgIpc) is 3.80. The van der Waals surface area contributed by atoms with Crippen molar-refractivity contribution in [3.63, 3.8) is 0 Å². The lowest BCUT2D eigenvalue weighted by atomic mass is 9.83. The summed E-state index contributed by atoms with van der Waals surface area (Å²) in [5.41, 5.74) is 2.17. The summed E-state index contributed by atoms with van der Waals surface area (Å²) < 4.78 is 6.07. The van der Waals surface area contributed by atoms with Gasteiger partial charge in [0.25, 0.3) is 0 Å². The summed E-state index contributed by atoms with van der Waals surface area (Å²) in [5, 5.41) is 13.0. The molecule has 10 nitrogen and oxygen atoms in total. The first-order valence-corrected chi connectivity index (χ1v) is 18.6. The monoisotopic (exact) mass is 697 g/mol. The van der Waals surface area contributed by atoms with E-state index >= 15 is 0 Å². The molecule has 3 amide bonds. The van der Waals surface area contributed by atoms with Gasteiger partial charge in [-0.2, -0.15) is 0 Å². The van der Waals surface area contributed by atoms with Crippen LogP contribution >= 0.6 is 0 Å². The van der Waals surface area contributed by atoms with E-state index in [0.29, 0.717) is 25.1 Å². The van der Waals surface area contributed by atoms with Crippen molar-refractivity contribution >= 4 is 24.0 Å². The van der Waals surface area contributed by atoms with E-state index in [9.17, 15) is 19.2 Å². The number of hydrogen-bond acceptors (Lipinski definition) is 7. The molecule has 1 aliphatic heterocycles. The van der Waals surface area contributed by atoms with Gasteiger partial charge in [0.15, 0.2) is 0 Å². The standard InChI is InChI=1S/C41H55N5O5/c1-27(24-25-47)33(26-43-37(30-14-8-5-9-15-30)31-16-10-6-11-17-31)44-40(49)35-22-21-34(36-23-20-28(2)51-36)46(35)41(50)38(32-18-12-7-13-19-32)45-39(48)29(3)42-4/h5-6,8-11,14-17,20,23,25,27,29,32-35,37-38,42-43H,7,12-13,18-19,21-22,24,26H2,1-4H3,(H,44,49)(H,45,48)/t27-,29-,33+,34+,35-,38-/m0/s1. The zero-order chi connectivity index (χ0) is 36.3. The van der Waals surface area contributed by atoms with Gasteiger partial charge in [-0.25, -0.2) is 0 Å². The molecule has 51 heavy (non-hydrogen) atoms. The molecule has 0 spiro atoms. The van der Waals surface area contributed by atoms with Crippen LogP contribution in [0.2, 0.25) is 0 Å². The van der Waals surface area contributed by atoms with Crippen molar-refractivity contribution in [3.8, 4) is 0 Å². The number of nitrogens with one attached hydrogen (secondary N) is 4. The molecule has 10 heteroatoms. The number of aryl methyl sites for hydroxylation is 1. The fourth-order valence-corrected chi connectivity index (χ4v) is 7.66. The molecule has 0 unspecified atom stereocenters. The summed E-state index contributed by atoms with van der Waals surface area (Å²) in [6, 6.07) is 21.0. The second kappa shape index (κ2) is 18.3. The minimum atomic E-state index is -0.775. The van der Waals surface area contributed by atoms with Gasteiger partial charge in [-0.15, -0.1) is 0 Å². The summed E-state index contributed by atoms with van der Waals surface area (Å²) in [6.07, 6.45) is 6.91. The van der Waals surface area contributed by atoms with Crippen LogP contribution in [0.15, 0.2) is 77.2 Å².